The summed E-state index contributed by atoms with van der Waals surface area (Å²) in [6.07, 6.45) is 4.96. The number of phenols is 1. The van der Waals surface area contributed by atoms with Crippen molar-refractivity contribution in [3.63, 3.8) is 0 Å². The lowest BCUT2D eigenvalue weighted by Gasteiger charge is -2.34. The lowest BCUT2D eigenvalue weighted by atomic mass is 9.92. The topological polar surface area (TPSA) is 92.2 Å². The lowest BCUT2D eigenvalue weighted by molar-refractivity contribution is -0.116. The second-order valence-electron chi connectivity index (χ2n) is 14.5. The van der Waals surface area contributed by atoms with Gasteiger partial charge in [0.1, 0.15) is 22.9 Å². The van der Waals surface area contributed by atoms with E-state index in [1.54, 1.807) is 18.2 Å². The molecule has 0 amide bonds. The number of aromatic hydroxyl groups is 1. The number of phenolic OH excluding ortho intramolecular Hbond substituents is 1. The highest BCUT2D eigenvalue weighted by molar-refractivity contribution is 6.03. The molecule has 0 radical (unpaired) electrons. The molecule has 0 spiro atoms. The van der Waals surface area contributed by atoms with Gasteiger partial charge in [0.15, 0.2) is 5.82 Å². The van der Waals surface area contributed by atoms with Crippen molar-refractivity contribution in [2.75, 3.05) is 57.4 Å². The van der Waals surface area contributed by atoms with Crippen LogP contribution in [-0.4, -0.2) is 96.8 Å². The van der Waals surface area contributed by atoms with Crippen molar-refractivity contribution in [1.29, 1.82) is 0 Å². The normalized spacial score (nSPS) is 26.4. The number of anilines is 1. The molecule has 3 aromatic carbocycles. The molecule has 9 nitrogen and oxygen atoms in total. The Balaban J connectivity index is 1.09. The number of halogens is 2. The monoisotopic (exact) mass is 657 g/mol. The van der Waals surface area contributed by atoms with Gasteiger partial charge in [0.25, 0.3) is 0 Å². The first-order valence-corrected chi connectivity index (χ1v) is 17.4. The molecule has 9 rings (SSSR count). The van der Waals surface area contributed by atoms with Crippen LogP contribution in [-0.2, 0) is 15.9 Å². The number of likely N-dealkylation sites (tertiary alicyclic amines) is 1. The van der Waals surface area contributed by atoms with Gasteiger partial charge >= 0.3 is 6.01 Å². The van der Waals surface area contributed by atoms with Crippen molar-refractivity contribution >= 4 is 27.5 Å². The first-order valence-electron chi connectivity index (χ1n) is 17.4. The van der Waals surface area contributed by atoms with Gasteiger partial charge in [-0.3, -0.25) is 4.90 Å². The summed E-state index contributed by atoms with van der Waals surface area (Å²) < 4.78 is 50.3. The maximum Gasteiger partial charge on any atom is 0.319 e. The summed E-state index contributed by atoms with van der Waals surface area (Å²) in [7, 11) is 0. The fourth-order valence-electron chi connectivity index (χ4n) is 8.55. The van der Waals surface area contributed by atoms with Crippen LogP contribution in [0, 0.1) is 17.0 Å². The second-order valence-corrected chi connectivity index (χ2v) is 14.5. The molecule has 5 aliphatic rings. The number of ether oxygens (including phenoxy) is 3. The third kappa shape index (κ3) is 5.35. The number of fused-ring (bicyclic) bond motifs is 5. The molecule has 4 saturated heterocycles. The number of hydrogen-bond donors (Lipinski definition) is 2. The Morgan fingerprint density at radius 2 is 1.71 bits per heavy atom. The maximum absolute atomic E-state index is 17.0. The van der Waals surface area contributed by atoms with Crippen LogP contribution in [0.3, 0.4) is 0 Å². The minimum Gasteiger partial charge on any atom is -0.508 e. The summed E-state index contributed by atoms with van der Waals surface area (Å²) in [6.45, 7) is 7.75. The highest BCUT2D eigenvalue weighted by Gasteiger charge is 2.48. The van der Waals surface area contributed by atoms with Crippen molar-refractivity contribution in [3.05, 3.63) is 53.6 Å². The van der Waals surface area contributed by atoms with Crippen molar-refractivity contribution < 1.29 is 28.1 Å². The van der Waals surface area contributed by atoms with Gasteiger partial charge in [0.2, 0.25) is 0 Å². The predicted octanol–water partition coefficient (Wildman–Crippen LogP) is 5.20. The highest BCUT2D eigenvalue weighted by Crippen LogP contribution is 2.47. The van der Waals surface area contributed by atoms with E-state index in [2.05, 4.69) is 15.1 Å². The standard InChI is InChI=1S/C37H41F2N5O4/c1-2-25-29(38)8-3-21-13-24(45)14-28(32(21)25)26-6-7-27-34(33(26)39)41-36(42-35(27)44-15-22-4-5-23(16-44)40-22)48-20-37(9-10-37)19-43-17-30-31(18-43)47-12-11-46-30/h3,6-8,13-14,22-23,30-31,40,45H,2,4-5,9-12,15-20H2,1H3/t22?,23?,30-,31+. The molecule has 5 fully saturated rings. The Morgan fingerprint density at radius 3 is 2.42 bits per heavy atom. The molecule has 11 heteroatoms. The van der Waals surface area contributed by atoms with Gasteiger partial charge < -0.3 is 29.5 Å². The van der Waals surface area contributed by atoms with Crippen LogP contribution in [0.1, 0.15) is 38.2 Å². The molecule has 2 bridgehead atoms. The molecule has 1 aliphatic carbocycles. The number of rotatable bonds is 8. The van der Waals surface area contributed by atoms with E-state index in [1.165, 1.54) is 12.1 Å². The molecular formula is C37H41F2N5O4. The van der Waals surface area contributed by atoms with E-state index in [0.29, 0.717) is 71.4 Å². The first kappa shape index (κ1) is 30.4. The van der Waals surface area contributed by atoms with Gasteiger partial charge in [-0.15, -0.1) is 0 Å². The number of aryl methyl sites for hydroxylation is 1. The van der Waals surface area contributed by atoms with E-state index in [0.717, 1.165) is 58.4 Å². The van der Waals surface area contributed by atoms with Crippen molar-refractivity contribution in [2.24, 2.45) is 5.41 Å². The average Bonchev–Trinajstić information content (AvgIpc) is 3.59. The van der Waals surface area contributed by atoms with E-state index < -0.39 is 5.82 Å². The summed E-state index contributed by atoms with van der Waals surface area (Å²) in [5.74, 6) is -0.242. The Bertz CT molecular complexity index is 1880. The van der Waals surface area contributed by atoms with Gasteiger partial charge in [-0.1, -0.05) is 19.1 Å². The molecule has 4 atom stereocenters. The maximum atomic E-state index is 17.0. The first-order chi connectivity index (χ1) is 23.4. The highest BCUT2D eigenvalue weighted by atomic mass is 19.1. The molecule has 1 saturated carbocycles. The number of benzene rings is 3. The van der Waals surface area contributed by atoms with Crippen LogP contribution in [0.2, 0.25) is 0 Å². The molecule has 48 heavy (non-hydrogen) atoms. The number of nitrogens with one attached hydrogen (secondary N) is 1. The fraction of sp³-hybridized carbons (Fsp3) is 0.514. The largest absolute Gasteiger partial charge is 0.508 e. The molecular weight excluding hydrogens is 616 g/mol. The minimum absolute atomic E-state index is 0.0123. The molecule has 252 valence electrons. The third-order valence-electron chi connectivity index (χ3n) is 11.1. The number of piperazine rings is 1. The van der Waals surface area contributed by atoms with Crippen LogP contribution in [0.4, 0.5) is 14.6 Å². The van der Waals surface area contributed by atoms with Crippen molar-refractivity contribution in [3.8, 4) is 22.9 Å². The molecule has 1 aromatic heterocycles. The predicted molar refractivity (Wildman–Crippen MR) is 179 cm³/mol. The molecule has 2 unspecified atom stereocenters. The zero-order chi connectivity index (χ0) is 32.6. The van der Waals surface area contributed by atoms with E-state index in [-0.39, 0.29) is 46.3 Å². The summed E-state index contributed by atoms with van der Waals surface area (Å²) in [4.78, 5) is 14.3. The summed E-state index contributed by atoms with van der Waals surface area (Å²) in [6, 6.07) is 10.6. The number of hydrogen-bond acceptors (Lipinski definition) is 9. The van der Waals surface area contributed by atoms with E-state index >= 15 is 8.78 Å². The van der Waals surface area contributed by atoms with E-state index in [1.807, 2.05) is 13.0 Å². The molecule has 4 aromatic rings. The quantitative estimate of drug-likeness (QED) is 0.266. The lowest BCUT2D eigenvalue weighted by Crippen LogP contribution is -2.51. The minimum atomic E-state index is -0.543. The van der Waals surface area contributed by atoms with E-state index in [4.69, 9.17) is 24.2 Å². The van der Waals surface area contributed by atoms with Crippen LogP contribution < -0.4 is 15.0 Å². The van der Waals surface area contributed by atoms with Crippen LogP contribution >= 0.6 is 0 Å². The summed E-state index contributed by atoms with van der Waals surface area (Å²) in [5, 5.41) is 16.2. The molecule has 4 aliphatic heterocycles. The van der Waals surface area contributed by atoms with Gasteiger partial charge in [0, 0.05) is 61.2 Å². The zero-order valence-electron chi connectivity index (χ0n) is 27.2. The van der Waals surface area contributed by atoms with Crippen molar-refractivity contribution in [1.82, 2.24) is 20.2 Å². The Kier molecular flexibility index (Phi) is 7.45. The van der Waals surface area contributed by atoms with Gasteiger partial charge in [-0.2, -0.15) is 9.97 Å². The van der Waals surface area contributed by atoms with E-state index in [9.17, 15) is 5.11 Å². The summed E-state index contributed by atoms with van der Waals surface area (Å²) >= 11 is 0. The van der Waals surface area contributed by atoms with Crippen molar-refractivity contribution in [2.45, 2.75) is 63.3 Å². The average molecular weight is 658 g/mol. The number of nitrogens with zero attached hydrogens (tertiary/aromatic N) is 4. The number of aromatic nitrogens is 2. The molecule has 2 N–H and O–H groups in total. The SMILES string of the molecule is CCc1c(F)ccc2cc(O)cc(-c3ccc4c(N5CC6CCC(C5)N6)nc(OCC5(CN6C[C@@H]7OCCO[C@@H]7C6)CC5)nc4c3F)c12. The summed E-state index contributed by atoms with van der Waals surface area (Å²) in [5.41, 5.74) is 1.31. The molecule has 5 heterocycles. The zero-order valence-corrected chi connectivity index (χ0v) is 27.2. The Hall–Kier alpha value is -3.64. The second kappa shape index (κ2) is 11.8. The third-order valence-corrected chi connectivity index (χ3v) is 11.1. The smallest absolute Gasteiger partial charge is 0.319 e. The Morgan fingerprint density at radius 1 is 0.958 bits per heavy atom. The van der Waals surface area contributed by atoms with Crippen LogP contribution in [0.5, 0.6) is 11.8 Å². The van der Waals surface area contributed by atoms with Crippen LogP contribution in [0.15, 0.2) is 36.4 Å². The van der Waals surface area contributed by atoms with Gasteiger partial charge in [0.05, 0.1) is 32.0 Å². The Labute approximate surface area is 278 Å². The van der Waals surface area contributed by atoms with Gasteiger partial charge in [-0.25, -0.2) is 8.78 Å². The van der Waals surface area contributed by atoms with Gasteiger partial charge in [-0.05, 0) is 78.3 Å². The fourth-order valence-corrected chi connectivity index (χ4v) is 8.55. The van der Waals surface area contributed by atoms with Crippen LogP contribution in [0.25, 0.3) is 32.8 Å².